The number of ether oxygens (including phenoxy) is 1. The number of hydrogen-bond donors (Lipinski definition) is 1. The maximum atomic E-state index is 6.15. The van der Waals surface area contributed by atoms with Crippen LogP contribution in [0.25, 0.3) is 0 Å². The highest BCUT2D eigenvalue weighted by molar-refractivity contribution is 9.10. The molecule has 0 bridgehead atoms. The minimum Gasteiger partial charge on any atom is -0.496 e. The lowest BCUT2D eigenvalue weighted by atomic mass is 9.84. The molecule has 1 aliphatic rings. The molecular formula is C17H27BrN2O. The van der Waals surface area contributed by atoms with Crippen molar-refractivity contribution in [1.29, 1.82) is 0 Å². The molecule has 21 heavy (non-hydrogen) atoms. The zero-order valence-corrected chi connectivity index (χ0v) is 15.1. The molecular weight excluding hydrogens is 328 g/mol. The van der Waals surface area contributed by atoms with Crippen LogP contribution in [0.3, 0.4) is 0 Å². The zero-order chi connectivity index (χ0) is 15.6. The lowest BCUT2D eigenvalue weighted by Gasteiger charge is -2.45. The Kier molecular flexibility index (Phi) is 5.69. The molecule has 2 rings (SSSR count). The van der Waals surface area contributed by atoms with Crippen LogP contribution in [-0.4, -0.2) is 31.1 Å². The lowest BCUT2D eigenvalue weighted by molar-refractivity contribution is 0.0416. The first-order valence-corrected chi connectivity index (χ1v) is 8.56. The van der Waals surface area contributed by atoms with Crippen molar-refractivity contribution in [3.8, 4) is 5.75 Å². The summed E-state index contributed by atoms with van der Waals surface area (Å²) in [4.78, 5) is 2.56. The van der Waals surface area contributed by atoms with Crippen LogP contribution in [0.2, 0.25) is 0 Å². The van der Waals surface area contributed by atoms with Gasteiger partial charge in [-0.25, -0.2) is 0 Å². The molecule has 2 N–H and O–H groups in total. The molecule has 118 valence electrons. The van der Waals surface area contributed by atoms with Crippen molar-refractivity contribution in [2.24, 2.45) is 17.6 Å². The van der Waals surface area contributed by atoms with E-state index in [-0.39, 0.29) is 6.04 Å². The third kappa shape index (κ3) is 3.61. The van der Waals surface area contributed by atoms with E-state index in [0.29, 0.717) is 24.4 Å². The molecule has 3 nitrogen and oxygen atoms in total. The van der Waals surface area contributed by atoms with E-state index in [2.05, 4.69) is 47.7 Å². The van der Waals surface area contributed by atoms with Gasteiger partial charge in [0.05, 0.1) is 13.2 Å². The minimum atomic E-state index is 0.206. The fraction of sp³-hybridized carbons (Fsp3) is 0.647. The SMILES string of the molecule is COc1ccc(Br)cc1C(CN)N1CC(C)CC(C)C1C. The molecule has 4 heteroatoms. The van der Waals surface area contributed by atoms with Gasteiger partial charge in [-0.3, -0.25) is 4.90 Å². The van der Waals surface area contributed by atoms with Gasteiger partial charge in [-0.2, -0.15) is 0 Å². The molecule has 0 aromatic heterocycles. The van der Waals surface area contributed by atoms with Crippen molar-refractivity contribution < 1.29 is 4.74 Å². The highest BCUT2D eigenvalue weighted by Gasteiger charge is 2.34. The number of rotatable bonds is 4. The predicted molar refractivity (Wildman–Crippen MR) is 91.6 cm³/mol. The molecule has 1 aromatic rings. The smallest absolute Gasteiger partial charge is 0.123 e. The Bertz CT molecular complexity index is 480. The molecule has 1 aliphatic heterocycles. The monoisotopic (exact) mass is 354 g/mol. The Morgan fingerprint density at radius 3 is 2.71 bits per heavy atom. The van der Waals surface area contributed by atoms with Crippen LogP contribution in [0.4, 0.5) is 0 Å². The fourth-order valence-corrected chi connectivity index (χ4v) is 3.96. The Morgan fingerprint density at radius 1 is 1.38 bits per heavy atom. The van der Waals surface area contributed by atoms with Crippen molar-refractivity contribution in [3.63, 3.8) is 0 Å². The first kappa shape index (κ1) is 16.8. The third-order valence-corrected chi connectivity index (χ3v) is 5.31. The van der Waals surface area contributed by atoms with Crippen molar-refractivity contribution in [1.82, 2.24) is 4.90 Å². The predicted octanol–water partition coefficient (Wildman–Crippen LogP) is 3.82. The summed E-state index contributed by atoms with van der Waals surface area (Å²) >= 11 is 3.57. The van der Waals surface area contributed by atoms with E-state index >= 15 is 0 Å². The Labute approximate surface area is 137 Å². The fourth-order valence-electron chi connectivity index (χ4n) is 3.58. The van der Waals surface area contributed by atoms with Gasteiger partial charge in [0.15, 0.2) is 0 Å². The molecule has 0 spiro atoms. The summed E-state index contributed by atoms with van der Waals surface area (Å²) in [5.74, 6) is 2.33. The first-order chi connectivity index (χ1) is 9.97. The van der Waals surface area contributed by atoms with Crippen LogP contribution < -0.4 is 10.5 Å². The largest absolute Gasteiger partial charge is 0.496 e. The van der Waals surface area contributed by atoms with Crippen molar-refractivity contribution in [3.05, 3.63) is 28.2 Å². The molecule has 1 saturated heterocycles. The second-order valence-corrected chi connectivity index (χ2v) is 7.31. The number of nitrogens with zero attached hydrogens (tertiary/aromatic N) is 1. The molecule has 4 unspecified atom stereocenters. The van der Waals surface area contributed by atoms with Crippen LogP contribution >= 0.6 is 15.9 Å². The average Bonchev–Trinajstić information content (AvgIpc) is 2.45. The number of halogens is 1. The summed E-state index contributed by atoms with van der Waals surface area (Å²) in [6, 6.07) is 6.92. The van der Waals surface area contributed by atoms with E-state index < -0.39 is 0 Å². The highest BCUT2D eigenvalue weighted by atomic mass is 79.9. The highest BCUT2D eigenvalue weighted by Crippen LogP contribution is 2.37. The van der Waals surface area contributed by atoms with Crippen molar-refractivity contribution in [2.75, 3.05) is 20.2 Å². The molecule has 0 saturated carbocycles. The second-order valence-electron chi connectivity index (χ2n) is 6.39. The van der Waals surface area contributed by atoms with E-state index in [1.165, 1.54) is 12.0 Å². The minimum absolute atomic E-state index is 0.206. The molecule has 4 atom stereocenters. The number of nitrogens with two attached hydrogens (primary N) is 1. The summed E-state index contributed by atoms with van der Waals surface area (Å²) in [6.45, 7) is 8.71. The Hall–Kier alpha value is -0.580. The summed E-state index contributed by atoms with van der Waals surface area (Å²) in [5, 5.41) is 0. The number of likely N-dealkylation sites (tertiary alicyclic amines) is 1. The Balaban J connectivity index is 2.36. The molecule has 1 aromatic carbocycles. The molecule has 0 aliphatic carbocycles. The van der Waals surface area contributed by atoms with Crippen molar-refractivity contribution in [2.45, 2.75) is 39.3 Å². The van der Waals surface area contributed by atoms with E-state index in [1.807, 2.05) is 12.1 Å². The number of hydrogen-bond acceptors (Lipinski definition) is 3. The number of benzene rings is 1. The summed E-state index contributed by atoms with van der Waals surface area (Å²) in [6.07, 6.45) is 1.30. The van der Waals surface area contributed by atoms with Gasteiger partial charge in [-0.15, -0.1) is 0 Å². The van der Waals surface area contributed by atoms with Gasteiger partial charge in [0, 0.05) is 29.2 Å². The normalized spacial score (nSPS) is 28.4. The lowest BCUT2D eigenvalue weighted by Crippen LogP contribution is -2.49. The standard InChI is InChI=1S/C17H27BrN2O/c1-11-7-12(2)13(3)20(10-11)16(9-19)15-8-14(18)5-6-17(15)21-4/h5-6,8,11-13,16H,7,9-10,19H2,1-4H3. The average molecular weight is 355 g/mol. The van der Waals surface area contributed by atoms with Gasteiger partial charge in [0.1, 0.15) is 5.75 Å². The van der Waals surface area contributed by atoms with Gasteiger partial charge in [-0.05, 0) is 43.4 Å². The van der Waals surface area contributed by atoms with Gasteiger partial charge in [0.2, 0.25) is 0 Å². The van der Waals surface area contributed by atoms with Crippen LogP contribution in [-0.2, 0) is 0 Å². The molecule has 0 amide bonds. The van der Waals surface area contributed by atoms with Crippen molar-refractivity contribution >= 4 is 15.9 Å². The van der Waals surface area contributed by atoms with E-state index in [4.69, 9.17) is 10.5 Å². The van der Waals surface area contributed by atoms with E-state index in [0.717, 1.165) is 16.8 Å². The van der Waals surface area contributed by atoms with Crippen LogP contribution in [0, 0.1) is 11.8 Å². The zero-order valence-electron chi connectivity index (χ0n) is 13.5. The van der Waals surface area contributed by atoms with Gasteiger partial charge < -0.3 is 10.5 Å². The maximum absolute atomic E-state index is 6.15. The van der Waals surface area contributed by atoms with Gasteiger partial charge >= 0.3 is 0 Å². The Morgan fingerprint density at radius 2 is 2.10 bits per heavy atom. The molecule has 1 fully saturated rings. The topological polar surface area (TPSA) is 38.5 Å². The van der Waals surface area contributed by atoms with E-state index in [9.17, 15) is 0 Å². The third-order valence-electron chi connectivity index (χ3n) is 4.82. The van der Waals surface area contributed by atoms with Gasteiger partial charge in [-0.1, -0.05) is 29.8 Å². The first-order valence-electron chi connectivity index (χ1n) is 7.77. The summed E-state index contributed by atoms with van der Waals surface area (Å²) in [7, 11) is 1.73. The van der Waals surface area contributed by atoms with Gasteiger partial charge in [0.25, 0.3) is 0 Å². The summed E-state index contributed by atoms with van der Waals surface area (Å²) < 4.78 is 6.63. The summed E-state index contributed by atoms with van der Waals surface area (Å²) in [5.41, 5.74) is 7.33. The second kappa shape index (κ2) is 7.12. The number of piperidine rings is 1. The van der Waals surface area contributed by atoms with E-state index in [1.54, 1.807) is 7.11 Å². The molecule has 1 heterocycles. The number of methoxy groups -OCH3 is 1. The van der Waals surface area contributed by atoms with Crippen LogP contribution in [0.5, 0.6) is 5.75 Å². The maximum Gasteiger partial charge on any atom is 0.123 e. The van der Waals surface area contributed by atoms with Crippen LogP contribution in [0.15, 0.2) is 22.7 Å². The molecule has 0 radical (unpaired) electrons. The quantitative estimate of drug-likeness (QED) is 0.892. The van der Waals surface area contributed by atoms with Crippen LogP contribution in [0.1, 0.15) is 38.8 Å².